The summed E-state index contributed by atoms with van der Waals surface area (Å²) >= 11 is 7.11. The highest BCUT2D eigenvalue weighted by Crippen LogP contribution is 2.45. The molecule has 7 rings (SSSR count). The second-order valence-corrected chi connectivity index (χ2v) is 13.8. The smallest absolute Gasteiger partial charge is 0.354 e. The second-order valence-electron chi connectivity index (χ2n) is 13.4. The lowest BCUT2D eigenvalue weighted by atomic mass is 9.90. The molecular weight excluding hydrogens is 669 g/mol. The Hall–Kier alpha value is -4.93. The third-order valence-corrected chi connectivity index (χ3v) is 10.5. The van der Waals surface area contributed by atoms with Gasteiger partial charge in [0.1, 0.15) is 28.6 Å². The summed E-state index contributed by atoms with van der Waals surface area (Å²) in [6.07, 6.45) is 3.74. The Labute approximate surface area is 301 Å². The number of hydrogen-bond acceptors (Lipinski definition) is 6. The molecule has 4 heterocycles. The number of rotatable bonds is 2. The van der Waals surface area contributed by atoms with Gasteiger partial charge in [-0.2, -0.15) is 10.2 Å². The van der Waals surface area contributed by atoms with Gasteiger partial charge in [-0.3, -0.25) is 9.36 Å². The maximum atomic E-state index is 14.4. The predicted molar refractivity (Wildman–Crippen MR) is 197 cm³/mol. The van der Waals surface area contributed by atoms with Crippen molar-refractivity contribution in [2.24, 2.45) is 14.1 Å². The Morgan fingerprint density at radius 2 is 1.86 bits per heavy atom. The number of benzene rings is 3. The van der Waals surface area contributed by atoms with E-state index in [1.54, 1.807) is 12.1 Å². The number of fused-ring (bicyclic) bond motifs is 8. The lowest BCUT2D eigenvalue weighted by molar-refractivity contribution is -0.0149. The molecule has 0 saturated heterocycles. The number of aromatic nitrogens is 5. The Morgan fingerprint density at radius 1 is 1.06 bits per heavy atom. The number of hydrogen-bond donors (Lipinski definition) is 0. The molecule has 3 aromatic heterocycles. The average Bonchev–Trinajstić information content (AvgIpc) is 3.73. The highest BCUT2D eigenvalue weighted by atomic mass is 35.5. The van der Waals surface area contributed by atoms with Crippen LogP contribution in [0.2, 0.25) is 5.02 Å². The monoisotopic (exact) mass is 709 g/mol. The molecule has 51 heavy (non-hydrogen) atoms. The van der Waals surface area contributed by atoms with Gasteiger partial charge in [0, 0.05) is 64.5 Å². The fourth-order valence-corrected chi connectivity index (χ4v) is 7.59. The molecule has 11 heteroatoms. The number of carbonyl (C=O) groups is 1. The molecule has 9 nitrogen and oxygen atoms in total. The fourth-order valence-electron chi connectivity index (χ4n) is 7.33. The van der Waals surface area contributed by atoms with Crippen molar-refractivity contribution in [2.75, 3.05) is 13.7 Å². The van der Waals surface area contributed by atoms with Crippen molar-refractivity contribution < 1.29 is 23.4 Å². The van der Waals surface area contributed by atoms with Crippen LogP contribution >= 0.6 is 11.6 Å². The van der Waals surface area contributed by atoms with Crippen LogP contribution < -0.4 is 4.74 Å². The maximum Gasteiger partial charge on any atom is 0.354 e. The molecule has 1 unspecified atom stereocenters. The number of methoxy groups -OCH3 is 1. The fraction of sp³-hybridized carbons (Fsp3) is 0.325. The quantitative estimate of drug-likeness (QED) is 0.133. The molecule has 3 aromatic carbocycles. The van der Waals surface area contributed by atoms with E-state index >= 15 is 0 Å². The van der Waals surface area contributed by atoms with Crippen molar-refractivity contribution in [2.45, 2.75) is 58.8 Å². The van der Waals surface area contributed by atoms with Crippen LogP contribution in [0.1, 0.15) is 57.7 Å². The zero-order valence-electron chi connectivity index (χ0n) is 29.8. The first-order chi connectivity index (χ1) is 24.4. The molecule has 1 aliphatic heterocycles. The van der Waals surface area contributed by atoms with Crippen LogP contribution in [0.25, 0.3) is 32.8 Å². The van der Waals surface area contributed by atoms with E-state index in [0.717, 1.165) is 61.0 Å². The first-order valence-electron chi connectivity index (χ1n) is 17.0. The lowest BCUT2D eigenvalue weighted by Crippen LogP contribution is -2.25. The van der Waals surface area contributed by atoms with Crippen molar-refractivity contribution >= 4 is 39.2 Å². The minimum Gasteiger partial charge on any atom is -0.493 e. The summed E-state index contributed by atoms with van der Waals surface area (Å²) in [5.74, 6) is -0.0614. The summed E-state index contributed by atoms with van der Waals surface area (Å²) in [5, 5.41) is 12.7. The van der Waals surface area contributed by atoms with Gasteiger partial charge in [0.25, 0.3) is 0 Å². The molecule has 0 aliphatic carbocycles. The molecule has 0 spiro atoms. The summed E-state index contributed by atoms with van der Waals surface area (Å²) in [4.78, 5) is 13.4. The zero-order chi connectivity index (χ0) is 36.2. The summed E-state index contributed by atoms with van der Waals surface area (Å²) in [6, 6.07) is 14.6. The average molecular weight is 710 g/mol. The van der Waals surface area contributed by atoms with Crippen LogP contribution in [0.4, 0.5) is 4.39 Å². The largest absolute Gasteiger partial charge is 0.493 e. The molecule has 0 fully saturated rings. The number of carbonyl (C=O) groups excluding carboxylic acids is 1. The summed E-state index contributed by atoms with van der Waals surface area (Å²) in [6.45, 7) is 11.1. The van der Waals surface area contributed by atoms with Gasteiger partial charge in [0.05, 0.1) is 26.0 Å². The standard InChI is InChI=1S/C40H41ClFN5O4/c1-8-40(4)38-35(24(3)45(5)44-38)36-31(41)14-15-32-34(36)23(2)37(39(48)49-7)47(32)16-9-17-50-33-19-25(18-26-20-27(42)11-13-30(26)33)10-12-29-21-28(22-51-40)43-46(29)6/h8,11,13-15,18-21H,1,9-10,12,16-17,22H2,2-7H3. The topological polar surface area (TPSA) is 85.3 Å². The first-order valence-corrected chi connectivity index (χ1v) is 17.4. The van der Waals surface area contributed by atoms with Crippen molar-refractivity contribution in [3.8, 4) is 16.9 Å². The SMILES string of the molecule is C=CC1(C)OCc2cc(n(C)n2)CCc2cc(c3ccc(F)cc3c2)OCCCn2c(C(=O)OC)c(C)c3c(c(Cl)ccc32)-c2c1nn(C)c2C. The lowest BCUT2D eigenvalue weighted by Gasteiger charge is -2.26. The predicted octanol–water partition coefficient (Wildman–Crippen LogP) is 8.31. The number of ether oxygens (including phenoxy) is 3. The highest BCUT2D eigenvalue weighted by molar-refractivity contribution is 6.35. The number of esters is 1. The van der Waals surface area contributed by atoms with Crippen LogP contribution in [0.5, 0.6) is 5.75 Å². The van der Waals surface area contributed by atoms with Gasteiger partial charge in [-0.05, 0) is 99.0 Å². The Bertz CT molecular complexity index is 2350. The van der Waals surface area contributed by atoms with Crippen LogP contribution in [0.3, 0.4) is 0 Å². The second kappa shape index (κ2) is 13.3. The minimum absolute atomic E-state index is 0.207. The van der Waals surface area contributed by atoms with Crippen molar-refractivity contribution in [1.82, 2.24) is 24.1 Å². The van der Waals surface area contributed by atoms with Crippen LogP contribution in [0.15, 0.2) is 61.2 Å². The zero-order valence-corrected chi connectivity index (χ0v) is 30.5. The molecule has 8 bridgehead atoms. The van der Waals surface area contributed by atoms with Gasteiger partial charge in [-0.15, -0.1) is 0 Å². The Morgan fingerprint density at radius 3 is 2.63 bits per heavy atom. The summed E-state index contributed by atoms with van der Waals surface area (Å²) in [7, 11) is 5.20. The Kier molecular flexibility index (Phi) is 9.01. The van der Waals surface area contributed by atoms with E-state index in [4.69, 9.17) is 36.0 Å². The molecule has 0 N–H and O–H groups in total. The maximum absolute atomic E-state index is 14.4. The van der Waals surface area contributed by atoms with Crippen molar-refractivity contribution in [1.29, 1.82) is 0 Å². The van der Waals surface area contributed by atoms with Crippen LogP contribution in [-0.2, 0) is 55.2 Å². The van der Waals surface area contributed by atoms with Gasteiger partial charge >= 0.3 is 5.97 Å². The molecule has 0 amide bonds. The highest BCUT2D eigenvalue weighted by Gasteiger charge is 2.35. The minimum atomic E-state index is -1.03. The van der Waals surface area contributed by atoms with E-state index in [9.17, 15) is 9.18 Å². The van der Waals surface area contributed by atoms with E-state index in [0.29, 0.717) is 54.6 Å². The van der Waals surface area contributed by atoms with E-state index in [1.807, 2.05) is 79.1 Å². The number of nitrogens with zero attached hydrogens (tertiary/aromatic N) is 5. The van der Waals surface area contributed by atoms with E-state index in [1.165, 1.54) is 19.2 Å². The van der Waals surface area contributed by atoms with Gasteiger partial charge < -0.3 is 18.8 Å². The summed E-state index contributed by atoms with van der Waals surface area (Å²) in [5.41, 5.74) is 6.91. The normalized spacial score (nSPS) is 16.9. The third kappa shape index (κ3) is 6.00. The van der Waals surface area contributed by atoms with Gasteiger partial charge in [0.2, 0.25) is 0 Å². The van der Waals surface area contributed by atoms with Crippen LogP contribution in [0, 0.1) is 19.7 Å². The van der Waals surface area contributed by atoms with E-state index in [-0.39, 0.29) is 12.4 Å². The van der Waals surface area contributed by atoms with E-state index in [2.05, 4.69) is 6.58 Å². The van der Waals surface area contributed by atoms with E-state index < -0.39 is 11.6 Å². The molecule has 6 aromatic rings. The first kappa shape index (κ1) is 34.5. The van der Waals surface area contributed by atoms with Gasteiger partial charge in [-0.25, -0.2) is 9.18 Å². The number of aryl methyl sites for hydroxylation is 6. The van der Waals surface area contributed by atoms with Crippen molar-refractivity contribution in [3.63, 3.8) is 0 Å². The third-order valence-electron chi connectivity index (χ3n) is 10.2. The van der Waals surface area contributed by atoms with Crippen LogP contribution in [-0.4, -0.2) is 43.8 Å². The molecule has 1 atom stereocenters. The number of halogens is 2. The summed E-state index contributed by atoms with van der Waals surface area (Å²) < 4.78 is 38.5. The molecule has 0 saturated carbocycles. The Balaban J connectivity index is 1.42. The molecule has 264 valence electrons. The van der Waals surface area contributed by atoms with Crippen molar-refractivity contribution in [3.05, 3.63) is 112 Å². The molecular formula is C40H41ClFN5O4. The van der Waals surface area contributed by atoms with Gasteiger partial charge in [0.15, 0.2) is 0 Å². The van der Waals surface area contributed by atoms with Gasteiger partial charge in [-0.1, -0.05) is 30.3 Å². The molecule has 1 aliphatic rings. The molecule has 0 radical (unpaired) electrons.